The molecule has 1 N–H and O–H groups in total. The van der Waals surface area contributed by atoms with Gasteiger partial charge in [0.2, 0.25) is 0 Å². The van der Waals surface area contributed by atoms with Crippen molar-refractivity contribution in [1.82, 2.24) is 4.98 Å². The summed E-state index contributed by atoms with van der Waals surface area (Å²) in [5.41, 5.74) is 3.56. The quantitative estimate of drug-likeness (QED) is 0.489. The lowest BCUT2D eigenvalue weighted by molar-refractivity contribution is -0.144. The lowest BCUT2D eigenvalue weighted by atomic mass is 10.1. The van der Waals surface area contributed by atoms with Crippen LogP contribution in [0, 0.1) is 6.92 Å². The van der Waals surface area contributed by atoms with Gasteiger partial charge in [-0.15, -0.1) is 0 Å². The maximum Gasteiger partial charge on any atom is 0.305 e. The van der Waals surface area contributed by atoms with Gasteiger partial charge in [-0.05, 0) is 43.5 Å². The molecule has 2 aromatic carbocycles. The molecular weight excluding hydrogens is 314 g/mol. The standard InChI is InChI=1S/C21H23NO3/c1-16-9-11-18(12-10-16)24-13-14-25-21(23)8-4-5-17-15-22-20-7-3-2-6-19(17)20/h2-3,6-7,9-12,15,22H,4-5,8,13-14H2,1H3. The highest BCUT2D eigenvalue weighted by Crippen LogP contribution is 2.19. The highest BCUT2D eigenvalue weighted by Gasteiger charge is 2.06. The molecule has 25 heavy (non-hydrogen) atoms. The molecule has 0 aliphatic rings. The molecule has 1 aromatic heterocycles. The number of H-pyrrole nitrogens is 1. The number of ether oxygens (including phenoxy) is 2. The van der Waals surface area contributed by atoms with Crippen molar-refractivity contribution in [3.05, 3.63) is 65.9 Å². The van der Waals surface area contributed by atoms with E-state index in [-0.39, 0.29) is 12.6 Å². The number of hydrogen-bond acceptors (Lipinski definition) is 3. The molecule has 0 spiro atoms. The van der Waals surface area contributed by atoms with Crippen molar-refractivity contribution in [2.75, 3.05) is 13.2 Å². The number of carbonyl (C=O) groups is 1. The minimum Gasteiger partial charge on any atom is -0.490 e. The first-order valence-electron chi connectivity index (χ1n) is 8.62. The van der Waals surface area contributed by atoms with Gasteiger partial charge in [-0.2, -0.15) is 0 Å². The third kappa shape index (κ3) is 4.86. The summed E-state index contributed by atoms with van der Waals surface area (Å²) < 4.78 is 10.8. The highest BCUT2D eigenvalue weighted by atomic mass is 16.6. The topological polar surface area (TPSA) is 51.3 Å². The average molecular weight is 337 g/mol. The normalized spacial score (nSPS) is 10.8. The minimum atomic E-state index is -0.174. The van der Waals surface area contributed by atoms with E-state index in [1.54, 1.807) is 0 Å². The smallest absolute Gasteiger partial charge is 0.305 e. The van der Waals surface area contributed by atoms with Gasteiger partial charge in [0.15, 0.2) is 0 Å². The van der Waals surface area contributed by atoms with Gasteiger partial charge in [0.25, 0.3) is 0 Å². The molecule has 0 saturated carbocycles. The van der Waals surface area contributed by atoms with Crippen LogP contribution in [0.4, 0.5) is 0 Å². The van der Waals surface area contributed by atoms with Crippen LogP contribution in [0.1, 0.15) is 24.0 Å². The number of para-hydroxylation sites is 1. The van der Waals surface area contributed by atoms with Crippen LogP contribution in [-0.2, 0) is 16.0 Å². The van der Waals surface area contributed by atoms with Crippen molar-refractivity contribution >= 4 is 16.9 Å². The molecule has 1 heterocycles. The molecule has 0 atom stereocenters. The van der Waals surface area contributed by atoms with E-state index in [4.69, 9.17) is 9.47 Å². The fourth-order valence-corrected chi connectivity index (χ4v) is 2.78. The molecule has 130 valence electrons. The second-order valence-corrected chi connectivity index (χ2v) is 6.10. The Morgan fingerprint density at radius 1 is 1.04 bits per heavy atom. The molecule has 0 fully saturated rings. The van der Waals surface area contributed by atoms with Crippen LogP contribution >= 0.6 is 0 Å². The molecule has 3 rings (SSSR count). The number of aryl methyl sites for hydroxylation is 2. The first-order chi connectivity index (χ1) is 12.2. The summed E-state index contributed by atoms with van der Waals surface area (Å²) >= 11 is 0. The molecule has 4 nitrogen and oxygen atoms in total. The lowest BCUT2D eigenvalue weighted by Crippen LogP contribution is -2.12. The predicted octanol–water partition coefficient (Wildman–Crippen LogP) is 4.42. The van der Waals surface area contributed by atoms with E-state index in [2.05, 4.69) is 17.1 Å². The molecule has 0 unspecified atom stereocenters. The van der Waals surface area contributed by atoms with E-state index in [0.717, 1.165) is 24.1 Å². The van der Waals surface area contributed by atoms with Gasteiger partial charge in [-0.25, -0.2) is 0 Å². The number of fused-ring (bicyclic) bond motifs is 1. The van der Waals surface area contributed by atoms with Crippen LogP contribution in [0.15, 0.2) is 54.7 Å². The van der Waals surface area contributed by atoms with Crippen LogP contribution in [0.2, 0.25) is 0 Å². The van der Waals surface area contributed by atoms with E-state index in [1.807, 2.05) is 49.5 Å². The highest BCUT2D eigenvalue weighted by molar-refractivity contribution is 5.83. The number of hydrogen-bond donors (Lipinski definition) is 1. The number of aromatic nitrogens is 1. The maximum atomic E-state index is 11.8. The zero-order chi connectivity index (χ0) is 17.5. The molecule has 3 aromatic rings. The van der Waals surface area contributed by atoms with E-state index < -0.39 is 0 Å². The molecule has 0 radical (unpaired) electrons. The first-order valence-corrected chi connectivity index (χ1v) is 8.62. The predicted molar refractivity (Wildman–Crippen MR) is 98.9 cm³/mol. The average Bonchev–Trinajstić information content (AvgIpc) is 3.04. The Morgan fingerprint density at radius 2 is 1.84 bits per heavy atom. The largest absolute Gasteiger partial charge is 0.490 e. The molecule has 0 saturated heterocycles. The Kier molecular flexibility index (Phi) is 5.73. The van der Waals surface area contributed by atoms with Crippen LogP contribution in [0.3, 0.4) is 0 Å². The van der Waals surface area contributed by atoms with Crippen LogP contribution in [-0.4, -0.2) is 24.2 Å². The lowest BCUT2D eigenvalue weighted by Gasteiger charge is -2.07. The number of aromatic amines is 1. The van der Waals surface area contributed by atoms with E-state index in [9.17, 15) is 4.79 Å². The number of esters is 1. The summed E-state index contributed by atoms with van der Waals surface area (Å²) in [6, 6.07) is 16.0. The SMILES string of the molecule is Cc1ccc(OCCOC(=O)CCCc2c[nH]c3ccccc23)cc1. The van der Waals surface area contributed by atoms with Crippen LogP contribution < -0.4 is 4.74 Å². The van der Waals surface area contributed by atoms with Crippen LogP contribution in [0.5, 0.6) is 5.75 Å². The monoisotopic (exact) mass is 337 g/mol. The summed E-state index contributed by atoms with van der Waals surface area (Å²) in [6.45, 7) is 2.68. The van der Waals surface area contributed by atoms with Crippen molar-refractivity contribution in [3.63, 3.8) is 0 Å². The van der Waals surface area contributed by atoms with Gasteiger partial charge in [-0.1, -0.05) is 35.9 Å². The number of nitrogens with one attached hydrogen (secondary N) is 1. The molecule has 0 aliphatic carbocycles. The van der Waals surface area contributed by atoms with Crippen molar-refractivity contribution in [3.8, 4) is 5.75 Å². The maximum absolute atomic E-state index is 11.8. The number of carbonyl (C=O) groups excluding carboxylic acids is 1. The van der Waals surface area contributed by atoms with E-state index in [0.29, 0.717) is 13.0 Å². The number of rotatable bonds is 8. The Balaban J connectivity index is 1.33. The zero-order valence-electron chi connectivity index (χ0n) is 14.5. The Morgan fingerprint density at radius 3 is 2.68 bits per heavy atom. The number of benzene rings is 2. The van der Waals surface area contributed by atoms with E-state index in [1.165, 1.54) is 16.5 Å². The van der Waals surface area contributed by atoms with Gasteiger partial charge in [0.05, 0.1) is 0 Å². The van der Waals surface area contributed by atoms with Gasteiger partial charge in [0, 0.05) is 23.5 Å². The Labute approximate surface area is 147 Å². The fourth-order valence-electron chi connectivity index (χ4n) is 2.78. The molecule has 0 amide bonds. The molecular formula is C21H23NO3. The van der Waals surface area contributed by atoms with Gasteiger partial charge < -0.3 is 14.5 Å². The van der Waals surface area contributed by atoms with Crippen molar-refractivity contribution in [1.29, 1.82) is 0 Å². The second-order valence-electron chi connectivity index (χ2n) is 6.10. The van der Waals surface area contributed by atoms with Gasteiger partial charge in [0.1, 0.15) is 19.0 Å². The van der Waals surface area contributed by atoms with Gasteiger partial charge in [-0.3, -0.25) is 4.79 Å². The third-order valence-electron chi connectivity index (χ3n) is 4.14. The first kappa shape index (κ1) is 17.1. The van der Waals surface area contributed by atoms with Crippen LogP contribution in [0.25, 0.3) is 10.9 Å². The Hall–Kier alpha value is -2.75. The summed E-state index contributed by atoms with van der Waals surface area (Å²) in [7, 11) is 0. The van der Waals surface area contributed by atoms with Crippen molar-refractivity contribution in [2.45, 2.75) is 26.2 Å². The van der Waals surface area contributed by atoms with Crippen molar-refractivity contribution in [2.24, 2.45) is 0 Å². The minimum absolute atomic E-state index is 0.174. The van der Waals surface area contributed by atoms with Gasteiger partial charge >= 0.3 is 5.97 Å². The summed E-state index contributed by atoms with van der Waals surface area (Å²) in [6.07, 6.45) is 4.08. The summed E-state index contributed by atoms with van der Waals surface area (Å²) in [5, 5.41) is 1.22. The fraction of sp³-hybridized carbons (Fsp3) is 0.286. The molecule has 0 aliphatic heterocycles. The summed E-state index contributed by atoms with van der Waals surface area (Å²) in [4.78, 5) is 15.1. The molecule has 0 bridgehead atoms. The second kappa shape index (κ2) is 8.38. The zero-order valence-corrected chi connectivity index (χ0v) is 14.5. The third-order valence-corrected chi connectivity index (χ3v) is 4.14. The molecule has 4 heteroatoms. The Bertz CT molecular complexity index is 821. The van der Waals surface area contributed by atoms with Crippen molar-refractivity contribution < 1.29 is 14.3 Å². The van der Waals surface area contributed by atoms with E-state index >= 15 is 0 Å². The summed E-state index contributed by atoms with van der Waals surface area (Å²) in [5.74, 6) is 0.619.